The van der Waals surface area contributed by atoms with E-state index in [1.165, 1.54) is 13.2 Å². The molecule has 0 aliphatic rings. The molecule has 0 aliphatic carbocycles. The van der Waals surface area contributed by atoms with Crippen LogP contribution < -0.4 is 10.1 Å². The highest BCUT2D eigenvalue weighted by Gasteiger charge is 2.31. The summed E-state index contributed by atoms with van der Waals surface area (Å²) in [5.74, 6) is -0.00470. The van der Waals surface area contributed by atoms with E-state index in [0.29, 0.717) is 24.3 Å². The summed E-state index contributed by atoms with van der Waals surface area (Å²) in [6.45, 7) is 4.02. The minimum Gasteiger partial charge on any atom is -0.493 e. The van der Waals surface area contributed by atoms with Crippen LogP contribution in [-0.4, -0.2) is 32.3 Å². The first-order chi connectivity index (χ1) is 9.92. The summed E-state index contributed by atoms with van der Waals surface area (Å²) in [4.78, 5) is 11.7. The molecule has 0 spiro atoms. The van der Waals surface area contributed by atoms with Gasteiger partial charge in [-0.1, -0.05) is 6.07 Å². The number of methoxy groups -OCH3 is 1. The Morgan fingerprint density at radius 1 is 1.38 bits per heavy atom. The number of benzene rings is 1. The molecule has 21 heavy (non-hydrogen) atoms. The summed E-state index contributed by atoms with van der Waals surface area (Å²) in [6, 6.07) is 4.84. The van der Waals surface area contributed by atoms with Crippen LogP contribution >= 0.6 is 0 Å². The van der Waals surface area contributed by atoms with E-state index < -0.39 is 5.54 Å². The van der Waals surface area contributed by atoms with Gasteiger partial charge in [0.2, 0.25) is 0 Å². The van der Waals surface area contributed by atoms with Crippen LogP contribution in [0.5, 0.6) is 5.75 Å². The van der Waals surface area contributed by atoms with Gasteiger partial charge in [-0.2, -0.15) is 0 Å². The number of hydrogen-bond donors (Lipinski definition) is 1. The van der Waals surface area contributed by atoms with Crippen molar-refractivity contribution >= 4 is 5.97 Å². The van der Waals surface area contributed by atoms with Gasteiger partial charge in [0.25, 0.3) is 0 Å². The van der Waals surface area contributed by atoms with Crippen LogP contribution in [0, 0.1) is 12.7 Å². The molecule has 1 unspecified atom stereocenters. The number of aryl methyl sites for hydroxylation is 1. The van der Waals surface area contributed by atoms with E-state index in [9.17, 15) is 9.18 Å². The monoisotopic (exact) mass is 297 g/mol. The zero-order valence-electron chi connectivity index (χ0n) is 13.2. The number of esters is 1. The summed E-state index contributed by atoms with van der Waals surface area (Å²) < 4.78 is 23.6. The molecule has 0 saturated heterocycles. The molecule has 1 atom stereocenters. The lowest BCUT2D eigenvalue weighted by molar-refractivity contribution is -0.148. The molecule has 1 N–H and O–H groups in total. The van der Waals surface area contributed by atoms with Crippen LogP contribution in [0.1, 0.15) is 31.7 Å². The highest BCUT2D eigenvalue weighted by molar-refractivity contribution is 5.80. The minimum absolute atomic E-state index is 0.263. The molecule has 0 bridgehead atoms. The summed E-state index contributed by atoms with van der Waals surface area (Å²) in [7, 11) is 3.12. The maximum atomic E-state index is 13.3. The predicted molar refractivity (Wildman–Crippen MR) is 80.0 cm³/mol. The number of halogens is 1. The van der Waals surface area contributed by atoms with E-state index in [1.54, 1.807) is 26.1 Å². The molecule has 0 aliphatic heterocycles. The van der Waals surface area contributed by atoms with Crippen LogP contribution in [0.15, 0.2) is 18.2 Å². The lowest BCUT2D eigenvalue weighted by atomic mass is 9.95. The second-order valence-electron chi connectivity index (χ2n) is 5.29. The Balaban J connectivity index is 2.34. The van der Waals surface area contributed by atoms with Gasteiger partial charge < -0.3 is 14.8 Å². The maximum Gasteiger partial charge on any atom is 0.325 e. The highest BCUT2D eigenvalue weighted by atomic mass is 19.1. The average Bonchev–Trinajstić information content (AvgIpc) is 2.49. The standard InChI is InChI=1S/C16H24FNO3/c1-12-7-8-13(11-14(12)17)21-10-6-5-9-16(2,18-3)15(19)20-4/h7-8,11,18H,5-6,9-10H2,1-4H3. The number of rotatable bonds is 8. The molecular weight excluding hydrogens is 273 g/mol. The van der Waals surface area contributed by atoms with Gasteiger partial charge in [-0.15, -0.1) is 0 Å². The van der Waals surface area contributed by atoms with E-state index in [-0.39, 0.29) is 11.8 Å². The lowest BCUT2D eigenvalue weighted by Gasteiger charge is -2.25. The molecule has 1 aromatic rings. The maximum absolute atomic E-state index is 13.3. The van der Waals surface area contributed by atoms with Crippen LogP contribution in [0.2, 0.25) is 0 Å². The number of unbranched alkanes of at least 4 members (excludes halogenated alkanes) is 1. The Morgan fingerprint density at radius 2 is 2.10 bits per heavy atom. The molecule has 0 fully saturated rings. The quantitative estimate of drug-likeness (QED) is 0.592. The summed E-state index contributed by atoms with van der Waals surface area (Å²) in [5.41, 5.74) is -0.0738. The Hall–Kier alpha value is -1.62. The first-order valence-electron chi connectivity index (χ1n) is 7.09. The van der Waals surface area contributed by atoms with Crippen molar-refractivity contribution in [2.45, 2.75) is 38.6 Å². The van der Waals surface area contributed by atoms with Crippen molar-refractivity contribution < 1.29 is 18.7 Å². The highest BCUT2D eigenvalue weighted by Crippen LogP contribution is 2.18. The molecule has 0 saturated carbocycles. The summed E-state index contributed by atoms with van der Waals surface area (Å²) in [6.07, 6.45) is 2.24. The second kappa shape index (κ2) is 7.98. The number of carbonyl (C=O) groups excluding carboxylic acids is 1. The number of hydrogen-bond acceptors (Lipinski definition) is 4. The minimum atomic E-state index is -0.676. The Bertz CT molecular complexity index is 479. The molecule has 0 aromatic heterocycles. The van der Waals surface area contributed by atoms with E-state index >= 15 is 0 Å². The molecule has 1 rings (SSSR count). The average molecular weight is 297 g/mol. The molecule has 118 valence electrons. The topological polar surface area (TPSA) is 47.6 Å². The van der Waals surface area contributed by atoms with Crippen molar-refractivity contribution in [2.24, 2.45) is 0 Å². The third kappa shape index (κ3) is 5.01. The van der Waals surface area contributed by atoms with Gasteiger partial charge in [0, 0.05) is 6.07 Å². The van der Waals surface area contributed by atoms with Crippen LogP contribution in [0.3, 0.4) is 0 Å². The summed E-state index contributed by atoms with van der Waals surface area (Å²) in [5, 5.41) is 2.99. The van der Waals surface area contributed by atoms with Crippen molar-refractivity contribution in [1.82, 2.24) is 5.32 Å². The molecule has 0 amide bonds. The van der Waals surface area contributed by atoms with Crippen molar-refractivity contribution in [1.29, 1.82) is 0 Å². The predicted octanol–water partition coefficient (Wildman–Crippen LogP) is 2.83. The summed E-state index contributed by atoms with van der Waals surface area (Å²) >= 11 is 0. The molecule has 0 heterocycles. The fraction of sp³-hybridized carbons (Fsp3) is 0.562. The van der Waals surface area contributed by atoms with E-state index in [1.807, 2.05) is 6.92 Å². The van der Waals surface area contributed by atoms with Gasteiger partial charge in [0.1, 0.15) is 17.1 Å². The Kier molecular flexibility index (Phi) is 6.62. The van der Waals surface area contributed by atoms with E-state index in [0.717, 1.165) is 12.8 Å². The molecule has 1 aromatic carbocycles. The van der Waals surface area contributed by atoms with E-state index in [2.05, 4.69) is 5.32 Å². The van der Waals surface area contributed by atoms with Gasteiger partial charge in [-0.05, 0) is 51.8 Å². The normalized spacial score (nSPS) is 13.6. The number of likely N-dealkylation sites (N-methyl/N-ethyl adjacent to an activating group) is 1. The first-order valence-corrected chi connectivity index (χ1v) is 7.09. The fourth-order valence-electron chi connectivity index (χ4n) is 1.99. The number of ether oxygens (including phenoxy) is 2. The SMILES string of the molecule is CNC(C)(CCCCOc1ccc(C)c(F)c1)C(=O)OC. The van der Waals surface area contributed by atoms with Gasteiger partial charge in [-0.3, -0.25) is 4.79 Å². The third-order valence-corrected chi connectivity index (χ3v) is 3.67. The zero-order chi connectivity index (χ0) is 15.9. The van der Waals surface area contributed by atoms with Gasteiger partial charge in [0.05, 0.1) is 13.7 Å². The van der Waals surface area contributed by atoms with Crippen molar-refractivity contribution in [2.75, 3.05) is 20.8 Å². The Labute approximate surface area is 125 Å². The zero-order valence-corrected chi connectivity index (χ0v) is 13.2. The Morgan fingerprint density at radius 3 is 2.67 bits per heavy atom. The van der Waals surface area contributed by atoms with Crippen LogP contribution in [0.25, 0.3) is 0 Å². The molecule has 0 radical (unpaired) electrons. The van der Waals surface area contributed by atoms with Crippen molar-refractivity contribution in [3.05, 3.63) is 29.6 Å². The van der Waals surface area contributed by atoms with Crippen LogP contribution in [-0.2, 0) is 9.53 Å². The van der Waals surface area contributed by atoms with Gasteiger partial charge in [-0.25, -0.2) is 4.39 Å². The molecule has 5 heteroatoms. The molecular formula is C16H24FNO3. The smallest absolute Gasteiger partial charge is 0.325 e. The third-order valence-electron chi connectivity index (χ3n) is 3.67. The van der Waals surface area contributed by atoms with Gasteiger partial charge >= 0.3 is 5.97 Å². The van der Waals surface area contributed by atoms with Gasteiger partial charge in [0.15, 0.2) is 0 Å². The fourth-order valence-corrected chi connectivity index (χ4v) is 1.99. The largest absolute Gasteiger partial charge is 0.493 e. The van der Waals surface area contributed by atoms with Crippen LogP contribution in [0.4, 0.5) is 4.39 Å². The second-order valence-corrected chi connectivity index (χ2v) is 5.29. The number of carbonyl (C=O) groups is 1. The van der Waals surface area contributed by atoms with Crippen molar-refractivity contribution in [3.8, 4) is 5.75 Å². The lowest BCUT2D eigenvalue weighted by Crippen LogP contribution is -2.48. The molecule has 4 nitrogen and oxygen atoms in total. The first kappa shape index (κ1) is 17.4. The van der Waals surface area contributed by atoms with Crippen molar-refractivity contribution in [3.63, 3.8) is 0 Å². The number of nitrogens with one attached hydrogen (secondary N) is 1. The van der Waals surface area contributed by atoms with E-state index in [4.69, 9.17) is 9.47 Å².